The third kappa shape index (κ3) is 4.43. The average Bonchev–Trinajstić information content (AvgIpc) is 3.71. The largest absolute Gasteiger partial charge is 0.493 e. The van der Waals surface area contributed by atoms with Crippen molar-refractivity contribution in [2.75, 3.05) is 38.3 Å². The van der Waals surface area contributed by atoms with Gasteiger partial charge in [0, 0.05) is 66.8 Å². The van der Waals surface area contributed by atoms with Crippen molar-refractivity contribution >= 4 is 39.9 Å². The minimum Gasteiger partial charge on any atom is -0.493 e. The predicted molar refractivity (Wildman–Crippen MR) is 159 cm³/mol. The van der Waals surface area contributed by atoms with Crippen molar-refractivity contribution < 1.29 is 14.2 Å². The van der Waals surface area contributed by atoms with Crippen LogP contribution >= 0.6 is 23.2 Å². The van der Waals surface area contributed by atoms with Gasteiger partial charge in [0.15, 0.2) is 11.5 Å². The van der Waals surface area contributed by atoms with Crippen molar-refractivity contribution in [3.8, 4) is 28.8 Å². The van der Waals surface area contributed by atoms with Gasteiger partial charge in [-0.05, 0) is 32.4 Å². The molecule has 216 valence electrons. The molecule has 3 aliphatic heterocycles. The van der Waals surface area contributed by atoms with E-state index >= 15 is 0 Å². The van der Waals surface area contributed by atoms with E-state index in [1.807, 2.05) is 25.1 Å². The molecular weight excluding hydrogens is 577 g/mol. The monoisotopic (exact) mass is 605 g/mol. The summed E-state index contributed by atoms with van der Waals surface area (Å²) in [5.74, 6) is 1.72. The van der Waals surface area contributed by atoms with Crippen LogP contribution in [0.15, 0.2) is 36.8 Å². The first-order chi connectivity index (χ1) is 20.3. The Balaban J connectivity index is 1.16. The second kappa shape index (κ2) is 10.3. The fraction of sp³-hybridized carbons (Fsp3) is 0.400. The lowest BCUT2D eigenvalue weighted by Gasteiger charge is -2.55. The molecular formula is C30H29Cl2N7O3. The number of benzene rings is 1. The second-order valence-corrected chi connectivity index (χ2v) is 12.3. The van der Waals surface area contributed by atoms with Crippen molar-refractivity contribution in [3.05, 3.63) is 58.0 Å². The first-order valence-electron chi connectivity index (χ1n) is 13.8. The van der Waals surface area contributed by atoms with E-state index in [9.17, 15) is 5.26 Å². The first kappa shape index (κ1) is 27.2. The number of hydrogen-bond acceptors (Lipinski definition) is 9. The number of aromatic amines is 1. The van der Waals surface area contributed by atoms with Gasteiger partial charge in [-0.1, -0.05) is 23.2 Å². The van der Waals surface area contributed by atoms with E-state index < -0.39 is 6.10 Å². The van der Waals surface area contributed by atoms with Crippen LogP contribution in [0.1, 0.15) is 37.5 Å². The van der Waals surface area contributed by atoms with E-state index in [-0.39, 0.29) is 5.54 Å². The summed E-state index contributed by atoms with van der Waals surface area (Å²) < 4.78 is 17.7. The molecule has 3 aliphatic rings. The number of fused-ring (bicyclic) bond motifs is 3. The number of ether oxygens (including phenoxy) is 3. The van der Waals surface area contributed by atoms with Crippen molar-refractivity contribution in [2.45, 2.75) is 44.1 Å². The Morgan fingerprint density at radius 1 is 1.17 bits per heavy atom. The number of H-pyrrole nitrogens is 1. The third-order valence-corrected chi connectivity index (χ3v) is 9.27. The molecule has 0 aliphatic carbocycles. The van der Waals surface area contributed by atoms with E-state index in [0.717, 1.165) is 49.1 Å². The van der Waals surface area contributed by atoms with Crippen LogP contribution in [0.3, 0.4) is 0 Å². The molecule has 0 unspecified atom stereocenters. The summed E-state index contributed by atoms with van der Waals surface area (Å²) in [6, 6.07) is 8.39. The van der Waals surface area contributed by atoms with Gasteiger partial charge in [-0.15, -0.1) is 0 Å². The molecule has 1 aromatic carbocycles. The highest BCUT2D eigenvalue weighted by Crippen LogP contribution is 2.42. The van der Waals surface area contributed by atoms with Crippen LogP contribution in [-0.4, -0.2) is 76.1 Å². The Morgan fingerprint density at radius 3 is 2.62 bits per heavy atom. The molecule has 3 fully saturated rings. The molecule has 3 atom stereocenters. The smallest absolute Gasteiger partial charge is 0.162 e. The number of nitrogens with one attached hydrogen (secondary N) is 1. The van der Waals surface area contributed by atoms with Crippen molar-refractivity contribution in [1.29, 1.82) is 5.26 Å². The molecule has 2 bridgehead atoms. The molecule has 3 saturated heterocycles. The summed E-state index contributed by atoms with van der Waals surface area (Å²) in [5.41, 5.74) is 3.34. The maximum atomic E-state index is 10.1. The highest BCUT2D eigenvalue weighted by atomic mass is 35.5. The quantitative estimate of drug-likeness (QED) is 0.296. The zero-order chi connectivity index (χ0) is 29.2. The van der Waals surface area contributed by atoms with E-state index in [0.29, 0.717) is 56.3 Å². The lowest BCUT2D eigenvalue weighted by Crippen LogP contribution is -2.71. The fourth-order valence-corrected chi connectivity index (χ4v) is 7.32. The minimum atomic E-state index is -0.480. The average molecular weight is 607 g/mol. The van der Waals surface area contributed by atoms with Crippen LogP contribution in [0, 0.1) is 11.3 Å². The van der Waals surface area contributed by atoms with Gasteiger partial charge in [-0.25, -0.2) is 4.98 Å². The van der Waals surface area contributed by atoms with Crippen LogP contribution in [0.25, 0.3) is 22.2 Å². The predicted octanol–water partition coefficient (Wildman–Crippen LogP) is 5.40. The molecule has 0 amide bonds. The molecule has 1 N–H and O–H groups in total. The number of nitrogens with zero attached hydrogens (tertiary/aromatic N) is 6. The van der Waals surface area contributed by atoms with Crippen LogP contribution in [0.2, 0.25) is 10.0 Å². The zero-order valence-corrected chi connectivity index (χ0v) is 24.9. The number of anilines is 1. The van der Waals surface area contributed by atoms with Gasteiger partial charge in [-0.3, -0.25) is 15.0 Å². The maximum absolute atomic E-state index is 10.1. The zero-order valence-electron chi connectivity index (χ0n) is 23.4. The van der Waals surface area contributed by atoms with Gasteiger partial charge < -0.3 is 19.1 Å². The van der Waals surface area contributed by atoms with Gasteiger partial charge in [0.1, 0.15) is 23.7 Å². The SMILES string of the molecule is COc1cc2[nH]nc(-c3cnc(N4CC(C)(N5C[C@H]6C[C@@H]5CO6)C4)c(C#N)c3)c2cc1O[C@H](C)c1c(Cl)cncc1Cl. The van der Waals surface area contributed by atoms with Crippen LogP contribution in [0.4, 0.5) is 5.82 Å². The molecule has 0 radical (unpaired) electrons. The Morgan fingerprint density at radius 2 is 1.95 bits per heavy atom. The van der Waals surface area contributed by atoms with Gasteiger partial charge >= 0.3 is 0 Å². The van der Waals surface area contributed by atoms with Gasteiger partial charge in [0.25, 0.3) is 0 Å². The lowest BCUT2D eigenvalue weighted by molar-refractivity contribution is -0.0300. The summed E-state index contributed by atoms with van der Waals surface area (Å²) in [7, 11) is 1.58. The van der Waals surface area contributed by atoms with Crippen LogP contribution < -0.4 is 14.4 Å². The molecule has 6 heterocycles. The molecule has 7 rings (SSSR count). The van der Waals surface area contributed by atoms with Crippen molar-refractivity contribution in [1.82, 2.24) is 25.1 Å². The summed E-state index contributed by atoms with van der Waals surface area (Å²) in [6.45, 7) is 7.61. The molecule has 3 aromatic heterocycles. The Labute approximate surface area is 253 Å². The van der Waals surface area contributed by atoms with Crippen molar-refractivity contribution in [2.24, 2.45) is 0 Å². The number of halogens is 2. The Kier molecular flexibility index (Phi) is 6.66. The molecule has 10 nitrogen and oxygen atoms in total. The summed E-state index contributed by atoms with van der Waals surface area (Å²) >= 11 is 12.7. The number of methoxy groups -OCH3 is 1. The van der Waals surface area contributed by atoms with Crippen LogP contribution in [-0.2, 0) is 4.74 Å². The molecule has 0 spiro atoms. The Bertz CT molecular complexity index is 1710. The number of morpholine rings is 1. The summed E-state index contributed by atoms with van der Waals surface area (Å²) in [6.07, 6.45) is 5.84. The molecule has 12 heteroatoms. The molecule has 4 aromatic rings. The normalized spacial score (nSPS) is 21.8. The molecule has 42 heavy (non-hydrogen) atoms. The third-order valence-electron chi connectivity index (χ3n) is 8.66. The minimum absolute atomic E-state index is 0.0615. The van der Waals surface area contributed by atoms with Gasteiger partial charge in [-0.2, -0.15) is 10.4 Å². The summed E-state index contributed by atoms with van der Waals surface area (Å²) in [4.78, 5) is 13.5. The fourth-order valence-electron chi connectivity index (χ4n) is 6.64. The van der Waals surface area contributed by atoms with Crippen LogP contribution in [0.5, 0.6) is 11.5 Å². The highest BCUT2D eigenvalue weighted by Gasteiger charge is 2.52. The number of likely N-dealkylation sites (tertiary alicyclic amines) is 1. The van der Waals surface area contributed by atoms with Crippen molar-refractivity contribution in [3.63, 3.8) is 0 Å². The maximum Gasteiger partial charge on any atom is 0.162 e. The highest BCUT2D eigenvalue weighted by molar-refractivity contribution is 6.35. The van der Waals surface area contributed by atoms with E-state index in [1.165, 1.54) is 12.4 Å². The van der Waals surface area contributed by atoms with E-state index in [4.69, 9.17) is 42.4 Å². The Hall–Kier alpha value is -3.62. The first-order valence-corrected chi connectivity index (χ1v) is 14.6. The molecule has 0 saturated carbocycles. The number of aromatic nitrogens is 4. The summed E-state index contributed by atoms with van der Waals surface area (Å²) in [5, 5.41) is 19.3. The lowest BCUT2D eigenvalue weighted by atomic mass is 9.88. The standard InChI is InChI=1S/C30H29Cl2N7O3/c1-16(27-22(31)10-34-11-23(27)32)42-26-6-21-24(7-25(26)40-3)36-37-28(21)18-4-17(8-33)29(35-9-18)38-14-30(2,15-38)39-12-20-5-19(39)13-41-20/h4,6-7,9-11,16,19-20H,5,12-15H2,1-3H3,(H,36,37)/t16-,19-,20-/m1/s1. The van der Waals surface area contributed by atoms with E-state index in [1.54, 1.807) is 13.3 Å². The number of pyridine rings is 2. The van der Waals surface area contributed by atoms with E-state index in [2.05, 4.69) is 38.0 Å². The number of hydrogen-bond donors (Lipinski definition) is 1. The number of rotatable bonds is 7. The van der Waals surface area contributed by atoms with Gasteiger partial charge in [0.2, 0.25) is 0 Å². The number of nitriles is 1. The topological polar surface area (TPSA) is 112 Å². The van der Waals surface area contributed by atoms with Gasteiger partial charge in [0.05, 0.1) is 46.5 Å². The second-order valence-electron chi connectivity index (χ2n) is 11.5.